The van der Waals surface area contributed by atoms with E-state index in [1.807, 2.05) is 37.7 Å². The number of morpholine rings is 1. The standard InChI is InChI=1S/C28H38Cl2N6OP.C19H35N3.C15H21F3.C3H6.C2H7P.C2H6/c1-4-10-35(19-21-6-8-22(17-25(21)29)34-11-13-37-14-12-34)26-24-18-31-36(27(24)33-28(30)32-26)23-7-5-20(16-23)9-15-38(2)3;1-3-5-7-9-10-11-12-13-14-16-19-18-22(21-20-19)17-15-8-6-4-2;1-2-3-4-5-6-7-8-9-13-14(17)10-12(16)11-15(13)18;2*1-3-2;1-2/h6,8,17-18,20,23H,2,4-5,7,9-16,19H2,1,3H3;4,18H,2-3,5-17H2,1H3;10-11H,2-9H2,1H3;3H,1H2,2H3;3H,1-2H3;1-2H3/q+1;;;;;. The number of benzene rings is 2. The maximum atomic E-state index is 13.3. The van der Waals surface area contributed by atoms with Gasteiger partial charge in [-0.2, -0.15) is 15.1 Å². The van der Waals surface area contributed by atoms with E-state index in [2.05, 4.69) is 114 Å². The van der Waals surface area contributed by atoms with Crippen LogP contribution in [0.2, 0.25) is 10.3 Å². The summed E-state index contributed by atoms with van der Waals surface area (Å²) in [6.07, 6.45) is 43.9. The molecule has 2 aromatic carbocycles. The van der Waals surface area contributed by atoms with Crippen LogP contribution in [-0.2, 0) is 30.7 Å². The summed E-state index contributed by atoms with van der Waals surface area (Å²) in [4.78, 5) is 13.9. The minimum absolute atomic E-state index is 0.0185. The largest absolute Gasteiger partial charge is 0.378 e. The molecule has 3 aromatic heterocycles. The van der Waals surface area contributed by atoms with Crippen molar-refractivity contribution in [3.8, 4) is 0 Å². The molecule has 0 bridgehead atoms. The number of halogens is 5. The molecule has 86 heavy (non-hydrogen) atoms. The molecule has 3 unspecified atom stereocenters. The molecule has 1 aliphatic carbocycles. The van der Waals surface area contributed by atoms with Crippen molar-refractivity contribution in [3.63, 3.8) is 0 Å². The predicted molar refractivity (Wildman–Crippen MR) is 372 cm³/mol. The molecule has 0 radical (unpaired) electrons. The van der Waals surface area contributed by atoms with Gasteiger partial charge in [0.15, 0.2) is 5.65 Å². The van der Waals surface area contributed by atoms with Crippen molar-refractivity contribution in [2.45, 2.75) is 228 Å². The van der Waals surface area contributed by atoms with E-state index < -0.39 is 17.5 Å². The predicted octanol–water partition coefficient (Wildman–Crippen LogP) is 20.9. The van der Waals surface area contributed by atoms with E-state index in [1.54, 1.807) is 6.08 Å². The highest BCUT2D eigenvalue weighted by Gasteiger charge is 2.30. The lowest BCUT2D eigenvalue weighted by atomic mass is 10.0. The first-order valence-electron chi connectivity index (χ1n) is 32.8. The quantitative estimate of drug-likeness (QED) is 0.0178. The van der Waals surface area contributed by atoms with Crippen LogP contribution in [0.15, 0.2) is 68.0 Å². The highest BCUT2D eigenvalue weighted by molar-refractivity contribution is 7.54. The molecule has 0 amide bonds. The van der Waals surface area contributed by atoms with Crippen LogP contribution in [0.4, 0.5) is 24.7 Å². The Labute approximate surface area is 532 Å². The third kappa shape index (κ3) is 31.5. The zero-order valence-corrected chi connectivity index (χ0v) is 58.2. The van der Waals surface area contributed by atoms with Crippen LogP contribution in [0.3, 0.4) is 0 Å². The molecule has 0 spiro atoms. The molecule has 0 N–H and O–H groups in total. The molecule has 10 nitrogen and oxygen atoms in total. The fraction of sp³-hybridized carbons (Fsp3) is 0.652. The van der Waals surface area contributed by atoms with E-state index in [1.165, 1.54) is 109 Å². The van der Waals surface area contributed by atoms with E-state index in [9.17, 15) is 13.2 Å². The van der Waals surface area contributed by atoms with Crippen LogP contribution in [0.1, 0.15) is 219 Å². The summed E-state index contributed by atoms with van der Waals surface area (Å²) >= 11 is 13.3. The zero-order valence-electron chi connectivity index (χ0n) is 54.8. The van der Waals surface area contributed by atoms with Crippen LogP contribution in [-0.4, -0.2) is 100 Å². The topological polar surface area (TPSA) is 90.0 Å². The Balaban J connectivity index is 0.000000448. The van der Waals surface area contributed by atoms with Gasteiger partial charge in [-0.15, -0.1) is 26.8 Å². The number of fused-ring (bicyclic) bond motifs is 1. The molecule has 4 heterocycles. The molecular weight excluding hydrogens is 1160 g/mol. The number of aryl methyl sites for hydroxylation is 2. The van der Waals surface area contributed by atoms with Crippen LogP contribution >= 0.6 is 39.3 Å². The summed E-state index contributed by atoms with van der Waals surface area (Å²) in [5.41, 5.74) is 4.21. The molecule has 1 saturated heterocycles. The lowest BCUT2D eigenvalue weighted by Gasteiger charge is -2.29. The summed E-state index contributed by atoms with van der Waals surface area (Å²) in [7, 11) is 0.997. The third-order valence-electron chi connectivity index (χ3n) is 15.1. The Bertz CT molecular complexity index is 2550. The van der Waals surface area contributed by atoms with Crippen molar-refractivity contribution >= 4 is 68.2 Å². The minimum Gasteiger partial charge on any atom is -0.378 e. The summed E-state index contributed by atoms with van der Waals surface area (Å²) in [6, 6.07) is 8.21. The van der Waals surface area contributed by atoms with E-state index in [4.69, 9.17) is 38.0 Å². The molecule has 17 heteroatoms. The molecule has 5 aromatic rings. The fourth-order valence-corrected chi connectivity index (χ4v) is 11.8. The Morgan fingerprint density at radius 2 is 1.38 bits per heavy atom. The SMILES string of the molecule is C=CC.C=CCCCCn1cc(CCCCCCCCCCC)nn1.C=[P+](C)CCC1CCC(n2ncc3c(N(CCC)Cc4ccc(N5CCOCC5)cc4Cl)nc(Cl)nc32)C1.CC.CCCCCCCCCc1c(F)cc(F)cc1F.CPC. The maximum Gasteiger partial charge on any atom is 0.226 e. The van der Waals surface area contributed by atoms with Gasteiger partial charge in [0.2, 0.25) is 5.28 Å². The molecular formula is C69H113Cl2F3N9OP2+. The molecule has 3 atom stereocenters. The van der Waals surface area contributed by atoms with E-state index in [0.29, 0.717) is 19.0 Å². The number of unbranched alkanes of at least 4 members (excludes halogenated alkanes) is 16. The van der Waals surface area contributed by atoms with Crippen LogP contribution in [0.25, 0.3) is 11.0 Å². The van der Waals surface area contributed by atoms with Gasteiger partial charge in [-0.05, 0) is 133 Å². The van der Waals surface area contributed by atoms with Gasteiger partial charge < -0.3 is 14.5 Å². The molecule has 1 saturated carbocycles. The monoisotopic (exact) mass is 1270 g/mol. The first kappa shape index (κ1) is 78.2. The smallest absolute Gasteiger partial charge is 0.226 e. The van der Waals surface area contributed by atoms with E-state index >= 15 is 0 Å². The first-order valence-corrected chi connectivity index (χ1v) is 37.8. The Morgan fingerprint density at radius 1 is 0.791 bits per heavy atom. The number of hydrogen-bond acceptors (Lipinski definition) is 8. The first-order chi connectivity index (χ1) is 41.8. The van der Waals surface area contributed by atoms with Crippen LogP contribution < -0.4 is 9.80 Å². The van der Waals surface area contributed by atoms with Crippen molar-refractivity contribution in [1.29, 1.82) is 0 Å². The van der Waals surface area contributed by atoms with Gasteiger partial charge in [0.1, 0.15) is 29.4 Å². The number of allylic oxidation sites excluding steroid dienone is 2. The van der Waals surface area contributed by atoms with Gasteiger partial charge in [-0.1, -0.05) is 160 Å². The number of rotatable bonds is 33. The van der Waals surface area contributed by atoms with Gasteiger partial charge in [0.25, 0.3) is 0 Å². The van der Waals surface area contributed by atoms with Gasteiger partial charge >= 0.3 is 0 Å². The van der Waals surface area contributed by atoms with Gasteiger partial charge in [-0.25, -0.2) is 17.9 Å². The number of hydrogen-bond donors (Lipinski definition) is 0. The Morgan fingerprint density at radius 3 is 1.95 bits per heavy atom. The maximum absolute atomic E-state index is 13.3. The van der Waals surface area contributed by atoms with Crippen molar-refractivity contribution in [1.82, 2.24) is 34.7 Å². The summed E-state index contributed by atoms with van der Waals surface area (Å²) in [6.45, 7) is 31.9. The average molecular weight is 1270 g/mol. The molecule has 2 fully saturated rings. The number of anilines is 2. The van der Waals surface area contributed by atoms with E-state index in [-0.39, 0.29) is 18.4 Å². The number of nitrogens with zero attached hydrogens (tertiary/aromatic N) is 9. The van der Waals surface area contributed by atoms with Gasteiger partial charge in [0.05, 0.1) is 57.0 Å². The second-order valence-corrected chi connectivity index (χ2v) is 26.5. The van der Waals surface area contributed by atoms with E-state index in [0.717, 1.165) is 163 Å². The van der Waals surface area contributed by atoms with Gasteiger partial charge in [-0.3, -0.25) is 4.68 Å². The Kier molecular flexibility index (Phi) is 44.6. The van der Waals surface area contributed by atoms with Crippen LogP contribution in [0.5, 0.6) is 0 Å². The van der Waals surface area contributed by atoms with Gasteiger partial charge in [0, 0.05) is 67.3 Å². The number of ether oxygens (including phenoxy) is 1. The van der Waals surface area contributed by atoms with Crippen molar-refractivity contribution in [2.24, 2.45) is 5.92 Å². The second kappa shape index (κ2) is 49.0. The lowest BCUT2D eigenvalue weighted by molar-refractivity contribution is 0.122. The minimum atomic E-state index is -0.853. The molecule has 484 valence electrons. The Hall–Kier alpha value is -3.86. The molecule has 1 aliphatic heterocycles. The summed E-state index contributed by atoms with van der Waals surface area (Å²) in [5, 5.41) is 15.3. The lowest BCUT2D eigenvalue weighted by Crippen LogP contribution is -2.36. The number of aromatic nitrogens is 7. The van der Waals surface area contributed by atoms with Crippen molar-refractivity contribution < 1.29 is 17.9 Å². The molecule has 7 rings (SSSR count). The zero-order chi connectivity index (χ0) is 63.3. The summed E-state index contributed by atoms with van der Waals surface area (Å²) < 4.78 is 48.9. The van der Waals surface area contributed by atoms with Crippen molar-refractivity contribution in [3.05, 3.63) is 113 Å². The molecule has 2 aliphatic rings. The average Bonchev–Trinajstić information content (AvgIpc) is 3.01. The second-order valence-electron chi connectivity index (χ2n) is 22.6. The summed E-state index contributed by atoms with van der Waals surface area (Å²) in [5.74, 6) is -0.822. The van der Waals surface area contributed by atoms with Crippen molar-refractivity contribution in [2.75, 3.05) is 68.8 Å². The van der Waals surface area contributed by atoms with Crippen LogP contribution in [0, 0.1) is 23.4 Å². The third-order valence-corrected chi connectivity index (χ3v) is 16.6. The highest BCUT2D eigenvalue weighted by Crippen LogP contribution is 2.40. The normalized spacial score (nSPS) is 14.5. The fourth-order valence-electron chi connectivity index (χ4n) is 10.6. The highest BCUT2D eigenvalue weighted by atomic mass is 35.5.